The number of aliphatic carboxylic acids is 2. The van der Waals surface area contributed by atoms with Gasteiger partial charge in [0.1, 0.15) is 11.8 Å². The van der Waals surface area contributed by atoms with Crippen molar-refractivity contribution >= 4 is 29.2 Å². The van der Waals surface area contributed by atoms with Crippen molar-refractivity contribution in [3.63, 3.8) is 0 Å². The fraction of sp³-hybridized carbons (Fsp3) is 0.583. The molecule has 0 aliphatic carbocycles. The van der Waals surface area contributed by atoms with Crippen LogP contribution in [-0.2, 0) is 20.8 Å². The number of azo groups is 1. The summed E-state index contributed by atoms with van der Waals surface area (Å²) in [5, 5.41) is 28.7. The summed E-state index contributed by atoms with van der Waals surface area (Å²) in [5.74, 6) is -2.21. The van der Waals surface area contributed by atoms with E-state index in [-0.39, 0.29) is 6.42 Å². The molecule has 1 amide bonds. The second-order valence-electron chi connectivity index (χ2n) is 11.7. The summed E-state index contributed by atoms with van der Waals surface area (Å²) in [5.41, 5.74) is 2.99. The van der Waals surface area contributed by atoms with Crippen LogP contribution in [0.15, 0.2) is 58.8 Å². The highest BCUT2D eigenvalue weighted by Crippen LogP contribution is 2.22. The van der Waals surface area contributed by atoms with Crippen molar-refractivity contribution in [3.05, 3.63) is 54.1 Å². The third kappa shape index (κ3) is 18.6. The Morgan fingerprint density at radius 3 is 1.76 bits per heavy atom. The van der Waals surface area contributed by atoms with Crippen LogP contribution in [0.5, 0.6) is 5.75 Å². The van der Waals surface area contributed by atoms with E-state index in [0.717, 1.165) is 62.1 Å². The first kappa shape index (κ1) is 37.4. The summed E-state index contributed by atoms with van der Waals surface area (Å²) in [6.07, 6.45) is 18.0. The molecular weight excluding hydrogens is 570 g/mol. The Labute approximate surface area is 268 Å². The van der Waals surface area contributed by atoms with E-state index >= 15 is 0 Å². The zero-order chi connectivity index (χ0) is 32.5. The van der Waals surface area contributed by atoms with Gasteiger partial charge in [0.15, 0.2) is 0 Å². The number of nitrogens with zero attached hydrogens (tertiary/aromatic N) is 2. The molecule has 0 saturated heterocycles. The molecule has 248 valence electrons. The molecule has 3 N–H and O–H groups in total. The number of aryl methyl sites for hydroxylation is 1. The lowest BCUT2D eigenvalue weighted by molar-refractivity contribution is -0.147. The smallest absolute Gasteiger partial charge is 0.326 e. The number of hydrogen-bond acceptors (Lipinski definition) is 6. The molecule has 2 aromatic carbocycles. The minimum atomic E-state index is -1.39. The third-order valence-electron chi connectivity index (χ3n) is 7.70. The van der Waals surface area contributed by atoms with Gasteiger partial charge in [0.05, 0.1) is 24.4 Å². The number of amides is 1. The van der Waals surface area contributed by atoms with Gasteiger partial charge in [-0.2, -0.15) is 10.2 Å². The van der Waals surface area contributed by atoms with Gasteiger partial charge in [0.25, 0.3) is 0 Å². The maximum absolute atomic E-state index is 11.9. The molecule has 0 spiro atoms. The maximum atomic E-state index is 11.9. The van der Waals surface area contributed by atoms with Crippen molar-refractivity contribution in [2.75, 3.05) is 6.61 Å². The SMILES string of the molecule is CCCCCCCCCCc1ccc(N=Nc2ccc(OCCCCCCCCCC(=O)N[C@@H](CC(=O)O)C(=O)O)cc2)cc1. The average Bonchev–Trinajstić information content (AvgIpc) is 3.02. The van der Waals surface area contributed by atoms with Crippen molar-refractivity contribution in [2.24, 2.45) is 10.2 Å². The Balaban J connectivity index is 1.50. The first-order valence-electron chi connectivity index (χ1n) is 16.8. The molecule has 0 unspecified atom stereocenters. The molecule has 9 nitrogen and oxygen atoms in total. The number of nitrogens with one attached hydrogen (secondary N) is 1. The predicted octanol–water partition coefficient (Wildman–Crippen LogP) is 9.33. The molecule has 0 fully saturated rings. The number of carbonyl (C=O) groups is 3. The van der Waals surface area contributed by atoms with Crippen LogP contribution in [-0.4, -0.2) is 40.7 Å². The number of hydrogen-bond donors (Lipinski definition) is 3. The van der Waals surface area contributed by atoms with Gasteiger partial charge in [-0.15, -0.1) is 0 Å². The van der Waals surface area contributed by atoms with Gasteiger partial charge in [-0.25, -0.2) is 4.79 Å². The Morgan fingerprint density at radius 2 is 1.20 bits per heavy atom. The number of rotatable bonds is 26. The first-order valence-corrected chi connectivity index (χ1v) is 16.8. The van der Waals surface area contributed by atoms with E-state index in [2.05, 4.69) is 34.6 Å². The van der Waals surface area contributed by atoms with E-state index < -0.39 is 30.3 Å². The molecule has 0 aliphatic heterocycles. The number of unbranched alkanes of at least 4 members (excludes halogenated alkanes) is 13. The van der Waals surface area contributed by atoms with Crippen molar-refractivity contribution in [3.8, 4) is 5.75 Å². The summed E-state index contributed by atoms with van der Waals surface area (Å²) in [4.78, 5) is 33.6. The van der Waals surface area contributed by atoms with Crippen LogP contribution in [0.25, 0.3) is 0 Å². The standard InChI is InChI=1S/C36H53N3O6/c1-2-3-4-5-6-8-11-14-17-29-19-21-30(22-20-29)38-39-31-23-25-32(26-24-31)45-27-16-13-10-7-9-12-15-18-34(40)37-33(36(43)44)28-35(41)42/h19-26,33H,2-18,27-28H2,1H3,(H,37,40)(H,41,42)(H,43,44)/t33-/m0/s1. The number of benzene rings is 2. The summed E-state index contributed by atoms with van der Waals surface area (Å²) in [7, 11) is 0. The normalized spacial score (nSPS) is 11.8. The van der Waals surface area contributed by atoms with Crippen LogP contribution in [0.2, 0.25) is 0 Å². The number of carboxylic acid groups (broad SMARTS) is 2. The molecule has 9 heteroatoms. The van der Waals surface area contributed by atoms with Crippen molar-refractivity contribution in [2.45, 2.75) is 129 Å². The van der Waals surface area contributed by atoms with Gasteiger partial charge in [-0.05, 0) is 67.6 Å². The number of carbonyl (C=O) groups excluding carboxylic acids is 1. The summed E-state index contributed by atoms with van der Waals surface area (Å²) >= 11 is 0. The molecular formula is C36H53N3O6. The maximum Gasteiger partial charge on any atom is 0.326 e. The van der Waals surface area contributed by atoms with Crippen LogP contribution in [0.4, 0.5) is 11.4 Å². The average molecular weight is 624 g/mol. The Bertz CT molecular complexity index is 1130. The third-order valence-corrected chi connectivity index (χ3v) is 7.70. The molecule has 2 aromatic rings. The van der Waals surface area contributed by atoms with E-state index in [1.54, 1.807) is 0 Å². The fourth-order valence-electron chi connectivity index (χ4n) is 5.02. The van der Waals surface area contributed by atoms with Gasteiger partial charge in [0.2, 0.25) is 5.91 Å². The highest BCUT2D eigenvalue weighted by molar-refractivity contribution is 5.86. The van der Waals surface area contributed by atoms with Crippen LogP contribution < -0.4 is 10.1 Å². The van der Waals surface area contributed by atoms with Crippen LogP contribution in [0, 0.1) is 0 Å². The topological polar surface area (TPSA) is 138 Å². The lowest BCUT2D eigenvalue weighted by Crippen LogP contribution is -2.42. The van der Waals surface area contributed by atoms with Crippen LogP contribution in [0.3, 0.4) is 0 Å². The van der Waals surface area contributed by atoms with Gasteiger partial charge in [-0.1, -0.05) is 96.1 Å². The fourth-order valence-corrected chi connectivity index (χ4v) is 5.02. The molecule has 0 aliphatic rings. The van der Waals surface area contributed by atoms with Gasteiger partial charge in [-0.3, -0.25) is 9.59 Å². The quantitative estimate of drug-likeness (QED) is 0.0705. The molecule has 0 aromatic heterocycles. The Kier molecular flexibility index (Phi) is 19.6. The van der Waals surface area contributed by atoms with Gasteiger partial charge >= 0.3 is 11.9 Å². The van der Waals surface area contributed by atoms with Crippen molar-refractivity contribution in [1.82, 2.24) is 5.32 Å². The van der Waals surface area contributed by atoms with Crippen molar-refractivity contribution < 1.29 is 29.3 Å². The molecule has 0 bridgehead atoms. The van der Waals surface area contributed by atoms with Gasteiger partial charge < -0.3 is 20.3 Å². The monoisotopic (exact) mass is 623 g/mol. The van der Waals surface area contributed by atoms with Crippen LogP contribution >= 0.6 is 0 Å². The molecule has 0 heterocycles. The Morgan fingerprint density at radius 1 is 0.689 bits per heavy atom. The number of carboxylic acids is 2. The van der Waals surface area contributed by atoms with E-state index in [1.165, 1.54) is 56.9 Å². The number of ether oxygens (including phenoxy) is 1. The van der Waals surface area contributed by atoms with E-state index in [1.807, 2.05) is 36.4 Å². The van der Waals surface area contributed by atoms with Gasteiger partial charge in [0, 0.05) is 6.42 Å². The summed E-state index contributed by atoms with van der Waals surface area (Å²) < 4.78 is 5.85. The second kappa shape index (κ2) is 23.6. The molecule has 0 saturated carbocycles. The zero-order valence-electron chi connectivity index (χ0n) is 27.1. The molecule has 0 radical (unpaired) electrons. The lowest BCUT2D eigenvalue weighted by atomic mass is 10.0. The van der Waals surface area contributed by atoms with E-state index in [0.29, 0.717) is 13.0 Å². The molecule has 2 rings (SSSR count). The highest BCUT2D eigenvalue weighted by atomic mass is 16.5. The van der Waals surface area contributed by atoms with E-state index in [9.17, 15) is 14.4 Å². The first-order chi connectivity index (χ1) is 21.9. The van der Waals surface area contributed by atoms with Crippen LogP contribution in [0.1, 0.15) is 122 Å². The summed E-state index contributed by atoms with van der Waals surface area (Å²) in [6.45, 7) is 2.90. The molecule has 45 heavy (non-hydrogen) atoms. The van der Waals surface area contributed by atoms with Crippen molar-refractivity contribution in [1.29, 1.82) is 0 Å². The zero-order valence-corrected chi connectivity index (χ0v) is 27.1. The largest absolute Gasteiger partial charge is 0.494 e. The minimum absolute atomic E-state index is 0.198. The summed E-state index contributed by atoms with van der Waals surface area (Å²) in [6, 6.07) is 14.6. The second-order valence-corrected chi connectivity index (χ2v) is 11.7. The predicted molar refractivity (Wildman–Crippen MR) is 178 cm³/mol. The molecule has 1 atom stereocenters. The minimum Gasteiger partial charge on any atom is -0.494 e. The lowest BCUT2D eigenvalue weighted by Gasteiger charge is -2.12. The van der Waals surface area contributed by atoms with E-state index in [4.69, 9.17) is 14.9 Å². The highest BCUT2D eigenvalue weighted by Gasteiger charge is 2.22. The Hall–Kier alpha value is -3.75.